The molecule has 0 aliphatic carbocycles. The molecule has 0 atom stereocenters. The lowest BCUT2D eigenvalue weighted by Gasteiger charge is -2.27. The van der Waals surface area contributed by atoms with Crippen LogP contribution in [-0.2, 0) is 16.0 Å². The molecule has 0 radical (unpaired) electrons. The van der Waals surface area contributed by atoms with E-state index in [1.165, 1.54) is 0 Å². The van der Waals surface area contributed by atoms with Gasteiger partial charge in [-0.25, -0.2) is 4.68 Å². The Morgan fingerprint density at radius 1 is 0.976 bits per heavy atom. The summed E-state index contributed by atoms with van der Waals surface area (Å²) in [5, 5.41) is 14.7. The summed E-state index contributed by atoms with van der Waals surface area (Å²) in [7, 11) is 3.19. The van der Waals surface area contributed by atoms with Gasteiger partial charge in [-0.1, -0.05) is 30.3 Å². The van der Waals surface area contributed by atoms with E-state index in [4.69, 9.17) is 14.6 Å². The van der Waals surface area contributed by atoms with Crippen LogP contribution in [0.2, 0.25) is 0 Å². The van der Waals surface area contributed by atoms with Crippen LogP contribution in [0.3, 0.4) is 0 Å². The fraction of sp³-hybridized carbons (Fsp3) is 0.152. The first-order valence-corrected chi connectivity index (χ1v) is 13.9. The molecule has 2 heterocycles. The van der Waals surface area contributed by atoms with E-state index in [1.807, 2.05) is 85.1 Å². The van der Waals surface area contributed by atoms with Crippen LogP contribution in [0.5, 0.6) is 11.5 Å². The number of rotatable bonds is 8. The molecule has 1 aliphatic rings. The first-order chi connectivity index (χ1) is 20.3. The molecule has 9 heteroatoms. The average Bonchev–Trinajstić information content (AvgIpc) is 3.44. The third kappa shape index (κ3) is 5.62. The number of benzene rings is 3. The highest BCUT2D eigenvalue weighted by Gasteiger charge is 2.35. The fourth-order valence-electron chi connectivity index (χ4n) is 4.77. The largest absolute Gasteiger partial charge is 0.497 e. The molecule has 1 aliphatic heterocycles. The van der Waals surface area contributed by atoms with Gasteiger partial charge in [-0.3, -0.25) is 14.5 Å². The van der Waals surface area contributed by atoms with Gasteiger partial charge in [0.1, 0.15) is 28.8 Å². The van der Waals surface area contributed by atoms with Crippen LogP contribution in [0, 0.1) is 11.3 Å². The molecule has 4 aromatic rings. The maximum Gasteiger partial charge on any atom is 0.271 e. The van der Waals surface area contributed by atoms with Gasteiger partial charge >= 0.3 is 0 Å². The molecular formula is C33H27BrN4O4. The quantitative estimate of drug-likeness (QED) is 0.173. The van der Waals surface area contributed by atoms with Crippen LogP contribution in [0.15, 0.2) is 100 Å². The van der Waals surface area contributed by atoms with E-state index in [9.17, 15) is 14.9 Å². The number of nitrogens with zero attached hydrogens (tertiary/aromatic N) is 4. The molecule has 8 nitrogen and oxygen atoms in total. The lowest BCUT2D eigenvalue weighted by atomic mass is 9.93. The van der Waals surface area contributed by atoms with Crippen molar-refractivity contribution >= 4 is 33.8 Å². The van der Waals surface area contributed by atoms with Gasteiger partial charge in [-0.2, -0.15) is 10.4 Å². The zero-order valence-electron chi connectivity index (χ0n) is 23.3. The standard InChI is InChI=1S/C33H27BrN4O4/c1-21-27(32(39)37(33(40)28(21)19-35)16-15-22-9-12-26(41-2)13-10-22)17-24-20-38(25-7-5-4-6-8-25)36-31(24)23-11-14-30(42-3)29(34)18-23/h4-14,17-18,20H,15-16H2,1-3H3/b27-17+. The SMILES string of the molecule is COc1ccc(CCN2C(=O)C(C#N)=C(C)/C(=C\c3cn(-c4ccccc4)nc3-c3ccc(OC)c(Br)c3)C2=O)cc1. The second-order valence-corrected chi connectivity index (χ2v) is 10.4. The zero-order chi connectivity index (χ0) is 29.8. The minimum absolute atomic E-state index is 0.0558. The summed E-state index contributed by atoms with van der Waals surface area (Å²) in [6.07, 6.45) is 3.98. The lowest BCUT2D eigenvalue weighted by molar-refractivity contribution is -0.140. The average molecular weight is 624 g/mol. The van der Waals surface area contributed by atoms with Gasteiger partial charge in [-0.15, -0.1) is 0 Å². The van der Waals surface area contributed by atoms with Crippen LogP contribution in [0.25, 0.3) is 23.0 Å². The highest BCUT2D eigenvalue weighted by molar-refractivity contribution is 9.10. The summed E-state index contributed by atoms with van der Waals surface area (Å²) in [6.45, 7) is 1.76. The Kier molecular flexibility index (Phi) is 8.36. The van der Waals surface area contributed by atoms with E-state index in [1.54, 1.807) is 31.9 Å². The van der Waals surface area contributed by atoms with Gasteiger partial charge in [-0.05, 0) is 89.0 Å². The van der Waals surface area contributed by atoms with E-state index in [2.05, 4.69) is 15.9 Å². The summed E-state index contributed by atoms with van der Waals surface area (Å²) in [5.41, 5.74) is 4.39. The van der Waals surface area contributed by atoms with Crippen molar-refractivity contribution in [2.24, 2.45) is 0 Å². The first-order valence-electron chi connectivity index (χ1n) is 13.2. The predicted octanol–water partition coefficient (Wildman–Crippen LogP) is 6.15. The number of carbonyl (C=O) groups is 2. The van der Waals surface area contributed by atoms with Crippen molar-refractivity contribution in [2.45, 2.75) is 13.3 Å². The minimum Gasteiger partial charge on any atom is -0.497 e. The maximum absolute atomic E-state index is 13.8. The summed E-state index contributed by atoms with van der Waals surface area (Å²) >= 11 is 3.55. The van der Waals surface area contributed by atoms with Crippen LogP contribution in [0.4, 0.5) is 0 Å². The molecule has 0 unspecified atom stereocenters. The number of para-hydroxylation sites is 1. The minimum atomic E-state index is -0.593. The number of carbonyl (C=O) groups excluding carboxylic acids is 2. The number of halogens is 1. The molecule has 2 amide bonds. The molecule has 0 N–H and O–H groups in total. The summed E-state index contributed by atoms with van der Waals surface area (Å²) in [5.74, 6) is 0.339. The molecular weight excluding hydrogens is 596 g/mol. The Morgan fingerprint density at radius 2 is 1.71 bits per heavy atom. The van der Waals surface area contributed by atoms with Gasteiger partial charge < -0.3 is 9.47 Å². The summed E-state index contributed by atoms with van der Waals surface area (Å²) < 4.78 is 13.1. The molecule has 0 saturated heterocycles. The number of aromatic nitrogens is 2. The molecule has 210 valence electrons. The second kappa shape index (κ2) is 12.3. The second-order valence-electron chi connectivity index (χ2n) is 9.59. The van der Waals surface area contributed by atoms with Crippen molar-refractivity contribution < 1.29 is 19.1 Å². The summed E-state index contributed by atoms with van der Waals surface area (Å²) in [6, 6.07) is 24.7. The Bertz CT molecular complexity index is 1770. The number of methoxy groups -OCH3 is 2. The number of hydrogen-bond donors (Lipinski definition) is 0. The third-order valence-electron chi connectivity index (χ3n) is 7.10. The molecule has 0 fully saturated rings. The maximum atomic E-state index is 13.8. The van der Waals surface area contributed by atoms with E-state index in [0.717, 1.165) is 31.9 Å². The zero-order valence-corrected chi connectivity index (χ0v) is 24.9. The number of hydrogen-bond acceptors (Lipinski definition) is 6. The van der Waals surface area contributed by atoms with E-state index >= 15 is 0 Å². The van der Waals surface area contributed by atoms with Crippen molar-refractivity contribution in [2.75, 3.05) is 20.8 Å². The lowest BCUT2D eigenvalue weighted by Crippen LogP contribution is -2.43. The van der Waals surface area contributed by atoms with Crippen molar-refractivity contribution in [1.29, 1.82) is 5.26 Å². The molecule has 0 bridgehead atoms. The molecule has 1 aromatic heterocycles. The summed E-state index contributed by atoms with van der Waals surface area (Å²) in [4.78, 5) is 28.2. The smallest absolute Gasteiger partial charge is 0.271 e. The highest BCUT2D eigenvalue weighted by atomic mass is 79.9. The van der Waals surface area contributed by atoms with Crippen LogP contribution in [-0.4, -0.2) is 47.3 Å². The predicted molar refractivity (Wildman–Crippen MR) is 163 cm³/mol. The van der Waals surface area contributed by atoms with Gasteiger partial charge in [0.05, 0.1) is 24.4 Å². The Labute approximate surface area is 252 Å². The highest BCUT2D eigenvalue weighted by Crippen LogP contribution is 2.34. The molecule has 42 heavy (non-hydrogen) atoms. The van der Waals surface area contributed by atoms with E-state index in [0.29, 0.717) is 29.0 Å². The number of nitriles is 1. The van der Waals surface area contributed by atoms with Crippen molar-refractivity contribution in [1.82, 2.24) is 14.7 Å². The number of amides is 2. The number of ether oxygens (including phenoxy) is 2. The molecule has 0 saturated carbocycles. The van der Waals surface area contributed by atoms with E-state index < -0.39 is 11.8 Å². The van der Waals surface area contributed by atoms with Gasteiger partial charge in [0.15, 0.2) is 0 Å². The van der Waals surface area contributed by atoms with Crippen LogP contribution >= 0.6 is 15.9 Å². The first kappa shape index (κ1) is 28.6. The van der Waals surface area contributed by atoms with E-state index in [-0.39, 0.29) is 17.7 Å². The Morgan fingerprint density at radius 3 is 2.36 bits per heavy atom. The normalized spacial score (nSPS) is 14.4. The van der Waals surface area contributed by atoms with Gasteiger partial charge in [0.25, 0.3) is 11.8 Å². The van der Waals surface area contributed by atoms with Crippen molar-refractivity contribution in [3.63, 3.8) is 0 Å². The molecule has 0 spiro atoms. The van der Waals surface area contributed by atoms with Gasteiger partial charge in [0, 0.05) is 29.4 Å². The number of imide groups is 1. The van der Waals surface area contributed by atoms with Crippen LogP contribution < -0.4 is 9.47 Å². The molecule has 5 rings (SSSR count). The fourth-order valence-corrected chi connectivity index (χ4v) is 5.31. The van der Waals surface area contributed by atoms with Crippen molar-refractivity contribution in [3.05, 3.63) is 111 Å². The monoisotopic (exact) mass is 622 g/mol. The van der Waals surface area contributed by atoms with Crippen molar-refractivity contribution in [3.8, 4) is 34.5 Å². The Hall–Kier alpha value is -4.94. The Balaban J connectivity index is 1.58. The molecule has 3 aromatic carbocycles. The van der Waals surface area contributed by atoms with Gasteiger partial charge in [0.2, 0.25) is 0 Å². The topological polar surface area (TPSA) is 97.5 Å². The third-order valence-corrected chi connectivity index (χ3v) is 7.72. The van der Waals surface area contributed by atoms with Crippen LogP contribution in [0.1, 0.15) is 18.1 Å².